The maximum atomic E-state index is 4.32. The van der Waals surface area contributed by atoms with E-state index in [2.05, 4.69) is 64.3 Å². The molecule has 1 aliphatic carbocycles. The van der Waals surface area contributed by atoms with Gasteiger partial charge in [-0.2, -0.15) is 0 Å². The smallest absolute Gasteiger partial charge is 0.00581 e. The Balaban J connectivity index is 1.89. The third-order valence-electron chi connectivity index (χ3n) is 4.68. The molecule has 0 atom stereocenters. The van der Waals surface area contributed by atoms with Gasteiger partial charge in [-0.15, -0.1) is 0 Å². The van der Waals surface area contributed by atoms with Crippen molar-refractivity contribution < 1.29 is 0 Å². The van der Waals surface area contributed by atoms with Crippen LogP contribution in [0, 0.1) is 13.8 Å². The lowest BCUT2D eigenvalue weighted by molar-refractivity contribution is 0.715. The lowest BCUT2D eigenvalue weighted by Gasteiger charge is -2.12. The highest BCUT2D eigenvalue weighted by Crippen LogP contribution is 2.33. The van der Waals surface area contributed by atoms with Crippen LogP contribution >= 0.6 is 0 Å². The number of aryl methyl sites for hydroxylation is 2. The average Bonchev–Trinajstić information content (AvgIpc) is 2.95. The minimum atomic E-state index is 0.964. The van der Waals surface area contributed by atoms with E-state index in [1.165, 1.54) is 58.2 Å². The second-order valence-electron chi connectivity index (χ2n) is 6.85. The van der Waals surface area contributed by atoms with Gasteiger partial charge in [0.1, 0.15) is 0 Å². The zero-order chi connectivity index (χ0) is 16.8. The average molecular weight is 306 g/mol. The van der Waals surface area contributed by atoms with Crippen LogP contribution in [-0.2, 0) is 0 Å². The summed E-state index contributed by atoms with van der Waals surface area (Å²) in [5, 5.41) is 0. The first kappa shape index (κ1) is 17.5. The highest BCUT2D eigenvalue weighted by Gasteiger charge is 2.13. The molecule has 0 heteroatoms. The molecule has 0 radical (unpaired) electrons. The lowest BCUT2D eigenvalue weighted by Crippen LogP contribution is -1.93. The van der Waals surface area contributed by atoms with Crippen LogP contribution < -0.4 is 0 Å². The van der Waals surface area contributed by atoms with Crippen molar-refractivity contribution in [1.29, 1.82) is 0 Å². The molecule has 0 spiro atoms. The zero-order valence-corrected chi connectivity index (χ0v) is 15.0. The normalized spacial score (nSPS) is 13.7. The van der Waals surface area contributed by atoms with E-state index < -0.39 is 0 Å². The van der Waals surface area contributed by atoms with Crippen molar-refractivity contribution in [3.05, 3.63) is 76.9 Å². The Morgan fingerprint density at radius 3 is 2.52 bits per heavy atom. The molecule has 0 saturated heterocycles. The molecule has 1 aromatic rings. The summed E-state index contributed by atoms with van der Waals surface area (Å²) in [6.07, 6.45) is 11.5. The zero-order valence-electron chi connectivity index (χ0n) is 15.0. The summed E-state index contributed by atoms with van der Waals surface area (Å²) >= 11 is 0. The van der Waals surface area contributed by atoms with E-state index in [1.807, 2.05) is 0 Å². The molecule has 0 saturated carbocycles. The molecule has 23 heavy (non-hydrogen) atoms. The molecule has 0 amide bonds. The number of hydrogen-bond donors (Lipinski definition) is 0. The summed E-state index contributed by atoms with van der Waals surface area (Å²) in [5.41, 5.74) is 9.36. The first-order chi connectivity index (χ1) is 11.0. The van der Waals surface area contributed by atoms with Crippen LogP contribution in [-0.4, -0.2) is 0 Å². The van der Waals surface area contributed by atoms with Crippen molar-refractivity contribution in [2.45, 2.75) is 59.3 Å². The highest BCUT2D eigenvalue weighted by atomic mass is 14.2. The Morgan fingerprint density at radius 2 is 1.83 bits per heavy atom. The van der Waals surface area contributed by atoms with Gasteiger partial charge in [-0.25, -0.2) is 0 Å². The summed E-state index contributed by atoms with van der Waals surface area (Å²) in [5.74, 6) is 0. The third-order valence-corrected chi connectivity index (χ3v) is 4.68. The van der Waals surface area contributed by atoms with Crippen molar-refractivity contribution in [3.63, 3.8) is 0 Å². The molecule has 0 aliphatic heterocycles. The van der Waals surface area contributed by atoms with Crippen LogP contribution in [0.25, 0.3) is 5.57 Å². The molecule has 122 valence electrons. The molecule has 1 aromatic carbocycles. The van der Waals surface area contributed by atoms with Gasteiger partial charge in [0.05, 0.1) is 0 Å². The molecule has 0 unspecified atom stereocenters. The summed E-state index contributed by atoms with van der Waals surface area (Å²) in [6.45, 7) is 15.2. The van der Waals surface area contributed by atoms with Gasteiger partial charge in [0, 0.05) is 0 Å². The van der Waals surface area contributed by atoms with E-state index in [0.717, 1.165) is 19.3 Å². The van der Waals surface area contributed by atoms with Gasteiger partial charge in [-0.05, 0) is 61.8 Å². The molecular formula is C23H30. The standard InChI is InChI=1S/C23H30/c1-6-7-8-9-18(3)22-12-11-21(16-22)15-20(5)23-13-10-17(2)14-19(23)4/h10-14H,3,5-9,15-16H2,1-2,4H3. The number of benzene rings is 1. The fraction of sp³-hybridized carbons (Fsp3) is 0.391. The van der Waals surface area contributed by atoms with Gasteiger partial charge >= 0.3 is 0 Å². The van der Waals surface area contributed by atoms with E-state index in [4.69, 9.17) is 0 Å². The molecule has 0 N–H and O–H groups in total. The van der Waals surface area contributed by atoms with Crippen LogP contribution in [0.1, 0.15) is 62.1 Å². The Labute approximate surface area is 142 Å². The van der Waals surface area contributed by atoms with Crippen molar-refractivity contribution in [2.24, 2.45) is 0 Å². The van der Waals surface area contributed by atoms with Gasteiger partial charge in [0.25, 0.3) is 0 Å². The molecule has 0 fully saturated rings. The van der Waals surface area contributed by atoms with Gasteiger partial charge in [-0.1, -0.05) is 80.0 Å². The molecule has 2 rings (SSSR count). The number of hydrogen-bond acceptors (Lipinski definition) is 0. The Morgan fingerprint density at radius 1 is 1.04 bits per heavy atom. The maximum Gasteiger partial charge on any atom is -0.00581 e. The van der Waals surface area contributed by atoms with E-state index >= 15 is 0 Å². The van der Waals surface area contributed by atoms with E-state index in [1.54, 1.807) is 0 Å². The van der Waals surface area contributed by atoms with Crippen LogP contribution in [0.4, 0.5) is 0 Å². The van der Waals surface area contributed by atoms with Gasteiger partial charge in [0.15, 0.2) is 0 Å². The molecule has 0 heterocycles. The monoisotopic (exact) mass is 306 g/mol. The summed E-state index contributed by atoms with van der Waals surface area (Å²) in [4.78, 5) is 0. The van der Waals surface area contributed by atoms with Crippen molar-refractivity contribution in [1.82, 2.24) is 0 Å². The minimum absolute atomic E-state index is 0.964. The summed E-state index contributed by atoms with van der Waals surface area (Å²) in [6, 6.07) is 6.62. The molecule has 0 bridgehead atoms. The molecule has 1 aliphatic rings. The van der Waals surface area contributed by atoms with Gasteiger partial charge in [-0.3, -0.25) is 0 Å². The Hall–Kier alpha value is -1.82. The number of rotatable bonds is 8. The largest absolute Gasteiger partial charge is 0.0955 e. The van der Waals surface area contributed by atoms with Crippen LogP contribution in [0.5, 0.6) is 0 Å². The Bertz CT molecular complexity index is 653. The fourth-order valence-corrected chi connectivity index (χ4v) is 3.27. The predicted octanol–water partition coefficient (Wildman–Crippen LogP) is 7.10. The van der Waals surface area contributed by atoms with Crippen LogP contribution in [0.2, 0.25) is 0 Å². The highest BCUT2D eigenvalue weighted by molar-refractivity contribution is 5.69. The van der Waals surface area contributed by atoms with E-state index in [9.17, 15) is 0 Å². The Kier molecular flexibility index (Phi) is 6.21. The summed E-state index contributed by atoms with van der Waals surface area (Å²) < 4.78 is 0. The lowest BCUT2D eigenvalue weighted by atomic mass is 9.92. The first-order valence-corrected chi connectivity index (χ1v) is 8.83. The van der Waals surface area contributed by atoms with Crippen LogP contribution in [0.3, 0.4) is 0 Å². The van der Waals surface area contributed by atoms with Crippen molar-refractivity contribution in [3.8, 4) is 0 Å². The number of unbranched alkanes of at least 4 members (excludes halogenated alkanes) is 2. The summed E-state index contributed by atoms with van der Waals surface area (Å²) in [7, 11) is 0. The quantitative estimate of drug-likeness (QED) is 0.449. The second kappa shape index (κ2) is 8.15. The van der Waals surface area contributed by atoms with E-state index in [0.29, 0.717) is 0 Å². The topological polar surface area (TPSA) is 0 Å². The molecular weight excluding hydrogens is 276 g/mol. The van der Waals surface area contributed by atoms with Gasteiger partial charge in [0.2, 0.25) is 0 Å². The second-order valence-corrected chi connectivity index (χ2v) is 6.85. The van der Waals surface area contributed by atoms with Gasteiger partial charge < -0.3 is 0 Å². The molecule has 0 nitrogen and oxygen atoms in total. The molecule has 0 aromatic heterocycles. The SMILES string of the molecule is C=C(CCCCC)C1=CC=C(CC(=C)c2ccc(C)cc2C)C1. The minimum Gasteiger partial charge on any atom is -0.0955 e. The maximum absolute atomic E-state index is 4.32. The number of allylic oxidation sites excluding steroid dienone is 6. The first-order valence-electron chi connectivity index (χ1n) is 8.83. The third kappa shape index (κ3) is 4.82. The van der Waals surface area contributed by atoms with Crippen LogP contribution in [0.15, 0.2) is 60.2 Å². The predicted molar refractivity (Wildman–Crippen MR) is 104 cm³/mol. The van der Waals surface area contributed by atoms with E-state index in [-0.39, 0.29) is 0 Å². The fourth-order valence-electron chi connectivity index (χ4n) is 3.27. The van der Waals surface area contributed by atoms with Crippen molar-refractivity contribution in [2.75, 3.05) is 0 Å². The van der Waals surface area contributed by atoms with Crippen molar-refractivity contribution >= 4 is 5.57 Å².